The van der Waals surface area contributed by atoms with Crippen molar-refractivity contribution < 1.29 is 4.42 Å². The van der Waals surface area contributed by atoms with E-state index in [4.69, 9.17) is 29.3 Å². The van der Waals surface area contributed by atoms with Gasteiger partial charge in [-0.25, -0.2) is 24.9 Å². The molecular formula is C49H31N5O. The molecule has 0 spiro atoms. The normalized spacial score (nSPS) is 11.3. The Balaban J connectivity index is 1.14. The topological polar surface area (TPSA) is 77.6 Å². The van der Waals surface area contributed by atoms with Crippen molar-refractivity contribution in [2.75, 3.05) is 0 Å². The Morgan fingerprint density at radius 1 is 0.291 bits per heavy atom. The SMILES string of the molecule is c1ccc(-c2cccc(-c3nc(-c4ccccc4)nc(-c4cccc(-c5nc(-c6ccccc6)nc6c5oc5ccc(-c7ccccc7)cc56)c4)n3)c2)cc1. The van der Waals surface area contributed by atoms with Crippen molar-refractivity contribution in [2.45, 2.75) is 0 Å². The van der Waals surface area contributed by atoms with Gasteiger partial charge in [-0.2, -0.15) is 0 Å². The van der Waals surface area contributed by atoms with Gasteiger partial charge in [0.2, 0.25) is 0 Å². The highest BCUT2D eigenvalue weighted by atomic mass is 16.3. The van der Waals surface area contributed by atoms with Crippen LogP contribution in [0.15, 0.2) is 192 Å². The zero-order chi connectivity index (χ0) is 36.6. The third-order valence-corrected chi connectivity index (χ3v) is 9.74. The molecule has 10 aromatic rings. The maximum Gasteiger partial charge on any atom is 0.180 e. The first-order chi connectivity index (χ1) is 27.2. The van der Waals surface area contributed by atoms with Crippen LogP contribution in [0.1, 0.15) is 0 Å². The molecule has 0 aliphatic carbocycles. The van der Waals surface area contributed by atoms with E-state index >= 15 is 0 Å². The van der Waals surface area contributed by atoms with Gasteiger partial charge < -0.3 is 4.42 Å². The van der Waals surface area contributed by atoms with Crippen LogP contribution in [-0.2, 0) is 0 Å². The average Bonchev–Trinajstić information content (AvgIpc) is 3.65. The molecule has 0 amide bonds. The molecule has 55 heavy (non-hydrogen) atoms. The zero-order valence-electron chi connectivity index (χ0n) is 29.5. The van der Waals surface area contributed by atoms with Crippen LogP contribution < -0.4 is 0 Å². The quantitative estimate of drug-likeness (QED) is 0.164. The lowest BCUT2D eigenvalue weighted by atomic mass is 10.0. The fourth-order valence-electron chi connectivity index (χ4n) is 6.99. The molecule has 0 saturated heterocycles. The molecule has 3 heterocycles. The van der Waals surface area contributed by atoms with Gasteiger partial charge in [-0.05, 0) is 46.5 Å². The third kappa shape index (κ3) is 6.22. The standard InChI is InChI=1S/C49H31N5O/c1-5-15-32(16-6-1)36-23-13-25-39(29-36)48-52-47(35-21-11-4-12-22-35)53-49(54-48)40-26-14-24-38(30-40)43-45-44(51-46(50-43)34-19-9-3-10-20-34)41-31-37(27-28-42(41)55-45)33-17-7-2-8-18-33/h1-31H. The number of hydrogen-bond acceptors (Lipinski definition) is 6. The lowest BCUT2D eigenvalue weighted by Gasteiger charge is -2.11. The van der Waals surface area contributed by atoms with Gasteiger partial charge in [0, 0.05) is 33.2 Å². The van der Waals surface area contributed by atoms with Gasteiger partial charge in [-0.1, -0.05) is 164 Å². The smallest absolute Gasteiger partial charge is 0.180 e. The van der Waals surface area contributed by atoms with E-state index in [2.05, 4.69) is 54.6 Å². The van der Waals surface area contributed by atoms with E-state index in [0.717, 1.165) is 66.6 Å². The summed E-state index contributed by atoms with van der Waals surface area (Å²) in [6.07, 6.45) is 0. The van der Waals surface area contributed by atoms with E-state index in [1.807, 2.05) is 133 Å². The summed E-state index contributed by atoms with van der Waals surface area (Å²) in [6, 6.07) is 63.5. The van der Waals surface area contributed by atoms with Gasteiger partial charge in [0.1, 0.15) is 16.8 Å². The molecule has 0 N–H and O–H groups in total. The average molecular weight is 706 g/mol. The van der Waals surface area contributed by atoms with Crippen LogP contribution in [0.25, 0.3) is 101 Å². The Hall–Kier alpha value is -7.57. The molecular weight excluding hydrogens is 675 g/mol. The first-order valence-electron chi connectivity index (χ1n) is 18.2. The highest BCUT2D eigenvalue weighted by Crippen LogP contribution is 2.38. The van der Waals surface area contributed by atoms with Crippen LogP contribution in [0, 0.1) is 0 Å². The van der Waals surface area contributed by atoms with Crippen molar-refractivity contribution in [1.82, 2.24) is 24.9 Å². The van der Waals surface area contributed by atoms with E-state index in [1.165, 1.54) is 0 Å². The predicted molar refractivity (Wildman–Crippen MR) is 221 cm³/mol. The fourth-order valence-corrected chi connectivity index (χ4v) is 6.99. The maximum atomic E-state index is 6.60. The first-order valence-corrected chi connectivity index (χ1v) is 18.2. The molecule has 3 aromatic heterocycles. The summed E-state index contributed by atoms with van der Waals surface area (Å²) in [7, 11) is 0. The van der Waals surface area contributed by atoms with Crippen molar-refractivity contribution in [2.24, 2.45) is 0 Å². The van der Waals surface area contributed by atoms with Crippen molar-refractivity contribution in [3.63, 3.8) is 0 Å². The second-order valence-corrected chi connectivity index (χ2v) is 13.3. The largest absolute Gasteiger partial charge is 0.452 e. The van der Waals surface area contributed by atoms with E-state index in [9.17, 15) is 0 Å². The molecule has 0 unspecified atom stereocenters. The molecule has 7 aromatic carbocycles. The minimum Gasteiger partial charge on any atom is -0.452 e. The van der Waals surface area contributed by atoms with Crippen LogP contribution in [-0.4, -0.2) is 24.9 Å². The molecule has 0 saturated carbocycles. The second kappa shape index (κ2) is 13.8. The van der Waals surface area contributed by atoms with Crippen LogP contribution in [0.3, 0.4) is 0 Å². The Morgan fingerprint density at radius 2 is 0.709 bits per heavy atom. The summed E-state index contributed by atoms with van der Waals surface area (Å²) >= 11 is 0. The number of rotatable bonds is 7. The van der Waals surface area contributed by atoms with E-state index in [-0.39, 0.29) is 0 Å². The van der Waals surface area contributed by atoms with Crippen LogP contribution >= 0.6 is 0 Å². The Morgan fingerprint density at radius 3 is 1.27 bits per heavy atom. The molecule has 0 bridgehead atoms. The van der Waals surface area contributed by atoms with Gasteiger partial charge in [0.05, 0.1) is 0 Å². The van der Waals surface area contributed by atoms with Gasteiger partial charge in [0.25, 0.3) is 0 Å². The first kappa shape index (κ1) is 32.1. The summed E-state index contributed by atoms with van der Waals surface area (Å²) in [4.78, 5) is 25.4. The Labute approximate surface area is 317 Å². The molecule has 10 rings (SSSR count). The number of benzene rings is 7. The summed E-state index contributed by atoms with van der Waals surface area (Å²) in [5, 5.41) is 0.931. The van der Waals surface area contributed by atoms with Crippen LogP contribution in [0.5, 0.6) is 0 Å². The van der Waals surface area contributed by atoms with Gasteiger partial charge in [-0.15, -0.1) is 0 Å². The minimum absolute atomic E-state index is 0.557. The number of furan rings is 1. The monoisotopic (exact) mass is 705 g/mol. The van der Waals surface area contributed by atoms with Gasteiger partial charge >= 0.3 is 0 Å². The van der Waals surface area contributed by atoms with Crippen molar-refractivity contribution >= 4 is 22.1 Å². The van der Waals surface area contributed by atoms with E-state index < -0.39 is 0 Å². The van der Waals surface area contributed by atoms with Gasteiger partial charge in [-0.3, -0.25) is 0 Å². The summed E-state index contributed by atoms with van der Waals surface area (Å²) in [5.74, 6) is 2.36. The lowest BCUT2D eigenvalue weighted by Crippen LogP contribution is -2.00. The molecule has 0 aliphatic heterocycles. The summed E-state index contributed by atoms with van der Waals surface area (Å²) in [6.45, 7) is 0. The molecule has 6 heteroatoms. The number of aromatic nitrogens is 5. The second-order valence-electron chi connectivity index (χ2n) is 13.3. The maximum absolute atomic E-state index is 6.60. The van der Waals surface area contributed by atoms with Crippen LogP contribution in [0.4, 0.5) is 0 Å². The summed E-state index contributed by atoms with van der Waals surface area (Å²) < 4.78 is 6.60. The highest BCUT2D eigenvalue weighted by molar-refractivity contribution is 6.08. The molecule has 0 aliphatic rings. The zero-order valence-corrected chi connectivity index (χ0v) is 29.5. The fraction of sp³-hybridized carbons (Fsp3) is 0. The number of hydrogen-bond donors (Lipinski definition) is 0. The minimum atomic E-state index is 0.557. The van der Waals surface area contributed by atoms with Crippen molar-refractivity contribution in [3.8, 4) is 79.1 Å². The van der Waals surface area contributed by atoms with E-state index in [1.54, 1.807) is 0 Å². The van der Waals surface area contributed by atoms with Crippen molar-refractivity contribution in [1.29, 1.82) is 0 Å². The number of nitrogens with zero attached hydrogens (tertiary/aromatic N) is 5. The number of fused-ring (bicyclic) bond motifs is 3. The van der Waals surface area contributed by atoms with Crippen molar-refractivity contribution in [3.05, 3.63) is 188 Å². The Bertz CT molecular complexity index is 2960. The predicted octanol–water partition coefficient (Wildman–Crippen LogP) is 12.2. The molecule has 6 nitrogen and oxygen atoms in total. The molecule has 258 valence electrons. The van der Waals surface area contributed by atoms with Crippen LogP contribution in [0.2, 0.25) is 0 Å². The molecule has 0 radical (unpaired) electrons. The third-order valence-electron chi connectivity index (χ3n) is 9.74. The summed E-state index contributed by atoms with van der Waals surface area (Å²) in [5.41, 5.74) is 11.7. The van der Waals surface area contributed by atoms with Gasteiger partial charge in [0.15, 0.2) is 28.9 Å². The van der Waals surface area contributed by atoms with E-state index in [0.29, 0.717) is 34.6 Å². The lowest BCUT2D eigenvalue weighted by molar-refractivity contribution is 0.667. The Kier molecular flexibility index (Phi) is 8.04. The molecule has 0 atom stereocenters. The molecule has 0 fully saturated rings. The highest BCUT2D eigenvalue weighted by Gasteiger charge is 2.20.